The lowest BCUT2D eigenvalue weighted by molar-refractivity contribution is -0.142. The van der Waals surface area contributed by atoms with Gasteiger partial charge in [0.1, 0.15) is 17.7 Å². The van der Waals surface area contributed by atoms with E-state index < -0.39 is 29.6 Å². The predicted octanol–water partition coefficient (Wildman–Crippen LogP) is 2.44. The van der Waals surface area contributed by atoms with E-state index in [-0.39, 0.29) is 11.8 Å². The van der Waals surface area contributed by atoms with Crippen molar-refractivity contribution in [3.8, 4) is 0 Å². The fourth-order valence-corrected chi connectivity index (χ4v) is 2.82. The lowest BCUT2D eigenvalue weighted by Gasteiger charge is -2.14. The molecule has 2 aliphatic carbocycles. The normalized spacial score (nSPS) is 24.6. The minimum atomic E-state index is -1.04. The summed E-state index contributed by atoms with van der Waals surface area (Å²) in [7, 11) is 0. The number of amides is 1. The summed E-state index contributed by atoms with van der Waals surface area (Å²) in [6.07, 6.45) is 2.92. The summed E-state index contributed by atoms with van der Waals surface area (Å²) in [5.41, 5.74) is 0.315. The molecule has 6 heteroatoms. The number of halogens is 2. The molecule has 0 aliphatic heterocycles. The van der Waals surface area contributed by atoms with Crippen LogP contribution in [0.5, 0.6) is 0 Å². The molecule has 2 fully saturated rings. The Bertz CT molecular complexity index is 615. The molecule has 0 heterocycles. The number of hydrogen-bond acceptors (Lipinski definition) is 2. The molecule has 0 saturated heterocycles. The van der Waals surface area contributed by atoms with Gasteiger partial charge in [-0.3, -0.25) is 4.79 Å². The Labute approximate surface area is 126 Å². The van der Waals surface area contributed by atoms with Gasteiger partial charge in [0, 0.05) is 12.0 Å². The van der Waals surface area contributed by atoms with Gasteiger partial charge in [-0.25, -0.2) is 13.6 Å². The summed E-state index contributed by atoms with van der Waals surface area (Å²) in [5, 5.41) is 11.7. The van der Waals surface area contributed by atoms with Gasteiger partial charge in [-0.15, -0.1) is 0 Å². The van der Waals surface area contributed by atoms with Crippen molar-refractivity contribution in [3.05, 3.63) is 35.4 Å². The number of carbonyl (C=O) groups excluding carboxylic acids is 1. The van der Waals surface area contributed by atoms with E-state index in [2.05, 4.69) is 5.32 Å². The number of rotatable bonds is 6. The van der Waals surface area contributed by atoms with Gasteiger partial charge >= 0.3 is 5.97 Å². The van der Waals surface area contributed by atoms with E-state index in [0.717, 1.165) is 18.9 Å². The van der Waals surface area contributed by atoms with Crippen molar-refractivity contribution >= 4 is 11.9 Å². The van der Waals surface area contributed by atoms with Crippen molar-refractivity contribution < 1.29 is 23.5 Å². The summed E-state index contributed by atoms with van der Waals surface area (Å²) in [6.45, 7) is 0. The first-order chi connectivity index (χ1) is 10.5. The zero-order chi connectivity index (χ0) is 15.9. The maximum Gasteiger partial charge on any atom is 0.326 e. The minimum Gasteiger partial charge on any atom is -0.480 e. The molecule has 1 aromatic rings. The highest BCUT2D eigenvalue weighted by Gasteiger charge is 2.46. The van der Waals surface area contributed by atoms with Crippen LogP contribution in [0.2, 0.25) is 0 Å². The standard InChI is InChI=1S/C16H17F2NO3/c17-9-3-4-10(13(18)6-9)11-7-12(11)15(20)19-14(16(21)22)5-8-1-2-8/h3-4,6,8,11-12,14H,1-2,5,7H2,(H,19,20)(H,21,22). The van der Waals surface area contributed by atoms with Gasteiger partial charge in [0.25, 0.3) is 0 Å². The van der Waals surface area contributed by atoms with E-state index in [9.17, 15) is 18.4 Å². The van der Waals surface area contributed by atoms with Gasteiger partial charge in [0.05, 0.1) is 0 Å². The zero-order valence-electron chi connectivity index (χ0n) is 11.9. The maximum absolute atomic E-state index is 13.7. The van der Waals surface area contributed by atoms with Crippen LogP contribution in [0.25, 0.3) is 0 Å². The van der Waals surface area contributed by atoms with E-state index in [4.69, 9.17) is 5.11 Å². The van der Waals surface area contributed by atoms with Gasteiger partial charge in [0.15, 0.2) is 0 Å². The van der Waals surface area contributed by atoms with Crippen molar-refractivity contribution in [2.75, 3.05) is 0 Å². The first-order valence-electron chi connectivity index (χ1n) is 7.44. The second-order valence-corrected chi connectivity index (χ2v) is 6.19. The number of benzene rings is 1. The van der Waals surface area contributed by atoms with Crippen molar-refractivity contribution in [3.63, 3.8) is 0 Å². The molecule has 1 aromatic carbocycles. The van der Waals surface area contributed by atoms with Crippen LogP contribution in [-0.2, 0) is 9.59 Å². The molecule has 0 aromatic heterocycles. The quantitative estimate of drug-likeness (QED) is 0.848. The van der Waals surface area contributed by atoms with Crippen LogP contribution >= 0.6 is 0 Å². The summed E-state index contributed by atoms with van der Waals surface area (Å²) in [6, 6.07) is 2.44. The van der Waals surface area contributed by atoms with Gasteiger partial charge in [-0.1, -0.05) is 18.9 Å². The minimum absolute atomic E-state index is 0.295. The topological polar surface area (TPSA) is 66.4 Å². The Kier molecular flexibility index (Phi) is 3.85. The molecule has 2 aliphatic rings. The summed E-state index contributed by atoms with van der Waals surface area (Å²) >= 11 is 0. The van der Waals surface area contributed by atoms with E-state index >= 15 is 0 Å². The van der Waals surface area contributed by atoms with E-state index in [1.54, 1.807) is 0 Å². The second kappa shape index (κ2) is 5.66. The van der Waals surface area contributed by atoms with Crippen LogP contribution in [0.15, 0.2) is 18.2 Å². The van der Waals surface area contributed by atoms with E-state index in [0.29, 0.717) is 24.3 Å². The number of hydrogen-bond donors (Lipinski definition) is 2. The Hall–Kier alpha value is -1.98. The molecule has 0 spiro atoms. The van der Waals surface area contributed by atoms with Crippen molar-refractivity contribution in [2.45, 2.75) is 37.6 Å². The molecule has 3 unspecified atom stereocenters. The average molecular weight is 309 g/mol. The van der Waals surface area contributed by atoms with Crippen LogP contribution in [0, 0.1) is 23.5 Å². The Morgan fingerprint density at radius 2 is 2.05 bits per heavy atom. The molecule has 2 saturated carbocycles. The van der Waals surface area contributed by atoms with Crippen LogP contribution in [-0.4, -0.2) is 23.0 Å². The summed E-state index contributed by atoms with van der Waals surface area (Å²) < 4.78 is 26.6. The molecular weight excluding hydrogens is 292 g/mol. The van der Waals surface area contributed by atoms with Crippen LogP contribution in [0.1, 0.15) is 37.2 Å². The number of carbonyl (C=O) groups is 2. The molecular formula is C16H17F2NO3. The third-order valence-corrected chi connectivity index (χ3v) is 4.37. The van der Waals surface area contributed by atoms with Crippen molar-refractivity contribution in [1.29, 1.82) is 0 Å². The monoisotopic (exact) mass is 309 g/mol. The fraction of sp³-hybridized carbons (Fsp3) is 0.500. The lowest BCUT2D eigenvalue weighted by atomic mass is 10.1. The lowest BCUT2D eigenvalue weighted by Crippen LogP contribution is -2.42. The second-order valence-electron chi connectivity index (χ2n) is 6.19. The molecule has 3 rings (SSSR count). The average Bonchev–Trinajstić information content (AvgIpc) is 3.32. The molecule has 0 radical (unpaired) electrons. The van der Waals surface area contributed by atoms with Crippen molar-refractivity contribution in [2.24, 2.45) is 11.8 Å². The molecule has 2 N–H and O–H groups in total. The van der Waals surface area contributed by atoms with Gasteiger partial charge in [-0.2, -0.15) is 0 Å². The number of aliphatic carboxylic acids is 1. The number of nitrogens with one attached hydrogen (secondary N) is 1. The van der Waals surface area contributed by atoms with Gasteiger partial charge in [-0.05, 0) is 36.3 Å². The van der Waals surface area contributed by atoms with Gasteiger partial charge in [0.2, 0.25) is 5.91 Å². The maximum atomic E-state index is 13.7. The predicted molar refractivity (Wildman–Crippen MR) is 74.1 cm³/mol. The third kappa shape index (κ3) is 3.26. The Morgan fingerprint density at radius 3 is 2.64 bits per heavy atom. The highest BCUT2D eigenvalue weighted by Crippen LogP contribution is 2.48. The zero-order valence-corrected chi connectivity index (χ0v) is 11.9. The largest absolute Gasteiger partial charge is 0.480 e. The number of carboxylic acid groups (broad SMARTS) is 1. The Morgan fingerprint density at radius 1 is 1.32 bits per heavy atom. The SMILES string of the molecule is O=C(O)C(CC1CC1)NC(=O)C1CC1c1ccc(F)cc1F. The molecule has 3 atom stereocenters. The molecule has 22 heavy (non-hydrogen) atoms. The first kappa shape index (κ1) is 14.9. The van der Waals surface area contributed by atoms with Gasteiger partial charge < -0.3 is 10.4 Å². The molecule has 1 amide bonds. The molecule has 118 valence electrons. The van der Waals surface area contributed by atoms with E-state index in [1.807, 2.05) is 0 Å². The third-order valence-electron chi connectivity index (χ3n) is 4.37. The van der Waals surface area contributed by atoms with E-state index in [1.165, 1.54) is 12.1 Å². The highest BCUT2D eigenvalue weighted by molar-refractivity contribution is 5.87. The number of carboxylic acids is 1. The van der Waals surface area contributed by atoms with Crippen LogP contribution in [0.4, 0.5) is 8.78 Å². The first-order valence-corrected chi connectivity index (χ1v) is 7.44. The van der Waals surface area contributed by atoms with Crippen LogP contribution in [0.3, 0.4) is 0 Å². The Balaban J connectivity index is 1.60. The summed E-state index contributed by atoms with van der Waals surface area (Å²) in [4.78, 5) is 23.3. The highest BCUT2D eigenvalue weighted by atomic mass is 19.1. The molecule has 0 bridgehead atoms. The van der Waals surface area contributed by atoms with Crippen molar-refractivity contribution in [1.82, 2.24) is 5.32 Å². The van der Waals surface area contributed by atoms with Crippen LogP contribution < -0.4 is 5.32 Å². The summed E-state index contributed by atoms with van der Waals surface area (Å²) in [5.74, 6) is -3.05. The molecule has 4 nitrogen and oxygen atoms in total. The smallest absolute Gasteiger partial charge is 0.326 e. The fourth-order valence-electron chi connectivity index (χ4n) is 2.82.